The molecule has 3 N–H and O–H groups in total. The van der Waals surface area contributed by atoms with Gasteiger partial charge in [-0.3, -0.25) is 19.2 Å². The Morgan fingerprint density at radius 2 is 1.68 bits per heavy atom. The Bertz CT molecular complexity index is 1230. The molecular weight excluding hydrogens is 638 g/mol. The zero-order chi connectivity index (χ0) is 37.4. The molecule has 0 bridgehead atoms. The second-order valence-corrected chi connectivity index (χ2v) is 13.6. The zero-order valence-electron chi connectivity index (χ0n) is 31.8. The van der Waals surface area contributed by atoms with Gasteiger partial charge in [-0.25, -0.2) is 0 Å². The fourth-order valence-electron chi connectivity index (χ4n) is 7.07. The zero-order valence-corrected chi connectivity index (χ0v) is 31.8. The first-order valence-corrected chi connectivity index (χ1v) is 18.0. The lowest BCUT2D eigenvalue weighted by molar-refractivity contribution is -0.159. The molecule has 2 rings (SSSR count). The Morgan fingerprint density at radius 3 is 2.24 bits per heavy atom. The van der Waals surface area contributed by atoms with Gasteiger partial charge in [0.2, 0.25) is 17.7 Å². The number of piperidine rings is 1. The van der Waals surface area contributed by atoms with Gasteiger partial charge in [0.1, 0.15) is 0 Å². The number of hydrogen-bond acceptors (Lipinski definition) is 9. The van der Waals surface area contributed by atoms with Crippen LogP contribution in [0.25, 0.3) is 0 Å². The molecule has 7 atom stereocenters. The highest BCUT2D eigenvalue weighted by molar-refractivity contribution is 5.98. The Morgan fingerprint density at radius 1 is 1.00 bits per heavy atom. The number of hydrogen-bond donors (Lipinski definition) is 3. The minimum absolute atomic E-state index is 0.0674. The quantitative estimate of drug-likeness (QED) is 0.130. The van der Waals surface area contributed by atoms with E-state index in [1.807, 2.05) is 44.2 Å². The van der Waals surface area contributed by atoms with Crippen molar-refractivity contribution in [1.82, 2.24) is 25.8 Å². The second-order valence-electron chi connectivity index (χ2n) is 13.6. The van der Waals surface area contributed by atoms with Crippen LogP contribution in [0, 0.1) is 17.8 Å². The van der Waals surface area contributed by atoms with Crippen molar-refractivity contribution in [2.24, 2.45) is 17.8 Å². The number of carbonyl (C=O) groups excluding carboxylic acids is 4. The van der Waals surface area contributed by atoms with Crippen molar-refractivity contribution in [2.45, 2.75) is 96.6 Å². The van der Waals surface area contributed by atoms with Crippen LogP contribution in [0.3, 0.4) is 0 Å². The van der Waals surface area contributed by atoms with E-state index >= 15 is 0 Å². The molecule has 1 aromatic carbocycles. The molecule has 1 aliphatic heterocycles. The summed E-state index contributed by atoms with van der Waals surface area (Å²) < 4.78 is 17.2. The summed E-state index contributed by atoms with van der Waals surface area (Å²) in [5, 5.41) is 8.73. The molecular formula is C38H63N5O7. The maximum Gasteiger partial charge on any atom is 0.321 e. The van der Waals surface area contributed by atoms with Crippen molar-refractivity contribution < 1.29 is 33.4 Å². The predicted molar refractivity (Wildman–Crippen MR) is 195 cm³/mol. The van der Waals surface area contributed by atoms with Gasteiger partial charge >= 0.3 is 5.97 Å². The number of methoxy groups -OCH3 is 3. The normalized spacial score (nSPS) is 18.3. The summed E-state index contributed by atoms with van der Waals surface area (Å²) in [5.74, 6) is -2.57. The van der Waals surface area contributed by atoms with Crippen molar-refractivity contribution in [3.8, 4) is 0 Å². The first-order valence-electron chi connectivity index (χ1n) is 18.0. The smallest absolute Gasteiger partial charge is 0.321 e. The van der Waals surface area contributed by atoms with Crippen molar-refractivity contribution in [3.63, 3.8) is 0 Å². The van der Waals surface area contributed by atoms with Gasteiger partial charge in [-0.2, -0.15) is 0 Å². The van der Waals surface area contributed by atoms with E-state index in [9.17, 15) is 19.2 Å². The lowest BCUT2D eigenvalue weighted by atomic mass is 9.86. The van der Waals surface area contributed by atoms with Crippen LogP contribution >= 0.6 is 0 Å². The van der Waals surface area contributed by atoms with Crippen molar-refractivity contribution >= 4 is 23.7 Å². The molecule has 12 nitrogen and oxygen atoms in total. The number of ether oxygens (including phenoxy) is 3. The molecule has 0 spiro atoms. The first-order chi connectivity index (χ1) is 23.9. The van der Waals surface area contributed by atoms with E-state index in [0.29, 0.717) is 32.4 Å². The molecule has 1 saturated heterocycles. The summed E-state index contributed by atoms with van der Waals surface area (Å²) in [7, 11) is 7.91. The number of esters is 1. The monoisotopic (exact) mass is 701 g/mol. The highest BCUT2D eigenvalue weighted by Crippen LogP contribution is 2.32. The molecule has 12 heteroatoms. The van der Waals surface area contributed by atoms with Gasteiger partial charge in [-0.1, -0.05) is 71.0 Å². The predicted octanol–water partition coefficient (Wildman–Crippen LogP) is 3.16. The number of likely N-dealkylation sites (N-methyl/N-ethyl adjacent to an activating group) is 2. The number of nitrogens with zero attached hydrogens (tertiary/aromatic N) is 2. The fourth-order valence-corrected chi connectivity index (χ4v) is 7.07. The molecule has 7 unspecified atom stereocenters. The summed E-state index contributed by atoms with van der Waals surface area (Å²) in [6.45, 7) is 13.4. The minimum Gasteiger partial charge on any atom is -0.468 e. The third-order valence-corrected chi connectivity index (χ3v) is 10.1. The Hall–Kier alpha value is -3.48. The van der Waals surface area contributed by atoms with Crippen LogP contribution in [0.2, 0.25) is 0 Å². The molecule has 0 aromatic heterocycles. The van der Waals surface area contributed by atoms with Gasteiger partial charge in [0, 0.05) is 46.5 Å². The van der Waals surface area contributed by atoms with E-state index in [-0.39, 0.29) is 42.3 Å². The number of likely N-dealkylation sites (tertiary alicyclic amines) is 1. The molecule has 282 valence electrons. The van der Waals surface area contributed by atoms with Gasteiger partial charge in [-0.15, -0.1) is 0 Å². The van der Waals surface area contributed by atoms with Crippen LogP contribution in [-0.4, -0.2) is 119 Å². The van der Waals surface area contributed by atoms with E-state index in [0.717, 1.165) is 30.5 Å². The summed E-state index contributed by atoms with van der Waals surface area (Å²) >= 11 is 0. The maximum atomic E-state index is 13.6. The van der Waals surface area contributed by atoms with Crippen LogP contribution in [0.1, 0.15) is 65.4 Å². The van der Waals surface area contributed by atoms with Crippen molar-refractivity contribution in [3.05, 3.63) is 48.2 Å². The van der Waals surface area contributed by atoms with Crippen LogP contribution in [0.15, 0.2) is 42.6 Å². The average Bonchev–Trinajstić information content (AvgIpc) is 3.12. The fraction of sp³-hybridized carbons (Fsp3) is 0.684. The highest BCUT2D eigenvalue weighted by atomic mass is 16.5. The van der Waals surface area contributed by atoms with Gasteiger partial charge in [0.15, 0.2) is 5.92 Å². The molecule has 1 fully saturated rings. The minimum atomic E-state index is -1.18. The first kappa shape index (κ1) is 42.7. The summed E-state index contributed by atoms with van der Waals surface area (Å²) in [6.07, 6.45) is 3.13. The SMILES string of the molecule is C=C(CC(OC)C(C(C)CC)N(C)C(=O)CNC(=O)C(NC)C(C)C)N1CCCCC1C(OC)C(C(=O)NCCc1ccccc1)C(=O)OC. The summed E-state index contributed by atoms with van der Waals surface area (Å²) in [6, 6.07) is 8.79. The van der Waals surface area contributed by atoms with Crippen LogP contribution in [0.4, 0.5) is 0 Å². The number of amides is 3. The number of benzene rings is 1. The Labute approximate surface area is 300 Å². The topological polar surface area (TPSA) is 139 Å². The third kappa shape index (κ3) is 11.8. The highest BCUT2D eigenvalue weighted by Gasteiger charge is 2.44. The number of rotatable bonds is 21. The molecule has 0 radical (unpaired) electrons. The van der Waals surface area contributed by atoms with Gasteiger partial charge in [-0.05, 0) is 50.1 Å². The standard InChI is InChI=1S/C38H63N5O7/c1-11-26(4)34(42(7)31(44)24-41-37(46)33(39-6)25(2)3)30(48-8)23-27(5)43-22-16-15-19-29(43)35(49-9)32(38(47)50-10)36(45)40-21-20-28-17-13-12-14-18-28/h12-14,17-18,25-26,29-30,32-35,39H,5,11,15-16,19-24H2,1-4,6-10H3,(H,40,45)(H,41,46). The van der Waals surface area contributed by atoms with E-state index in [2.05, 4.69) is 41.3 Å². The van der Waals surface area contributed by atoms with Gasteiger partial charge in [0.05, 0.1) is 44.0 Å². The molecule has 1 aromatic rings. The van der Waals surface area contributed by atoms with Gasteiger partial charge in [0.25, 0.3) is 0 Å². The molecule has 3 amide bonds. The van der Waals surface area contributed by atoms with Crippen molar-refractivity contribution in [1.29, 1.82) is 0 Å². The molecule has 0 aliphatic carbocycles. The largest absolute Gasteiger partial charge is 0.468 e. The van der Waals surface area contributed by atoms with Gasteiger partial charge < -0.3 is 40.0 Å². The molecule has 0 saturated carbocycles. The average molecular weight is 702 g/mol. The Kier molecular flexibility index (Phi) is 18.5. The molecule has 50 heavy (non-hydrogen) atoms. The van der Waals surface area contributed by atoms with E-state index < -0.39 is 36.0 Å². The van der Waals surface area contributed by atoms with Crippen LogP contribution in [-0.2, 0) is 39.8 Å². The lowest BCUT2D eigenvalue weighted by Gasteiger charge is -2.45. The van der Waals surface area contributed by atoms with Crippen molar-refractivity contribution in [2.75, 3.05) is 55.1 Å². The third-order valence-electron chi connectivity index (χ3n) is 10.1. The summed E-state index contributed by atoms with van der Waals surface area (Å²) in [5.41, 5.74) is 1.85. The van der Waals surface area contributed by atoms with Crippen LogP contribution < -0.4 is 16.0 Å². The lowest BCUT2D eigenvalue weighted by Crippen LogP contribution is -2.56. The second kappa shape index (κ2) is 21.7. The van der Waals surface area contributed by atoms with E-state index in [4.69, 9.17) is 14.2 Å². The molecule has 1 aliphatic rings. The number of carbonyl (C=O) groups is 4. The Balaban J connectivity index is 2.25. The number of nitrogens with one attached hydrogen (secondary N) is 3. The summed E-state index contributed by atoms with van der Waals surface area (Å²) in [4.78, 5) is 56.8. The van der Waals surface area contributed by atoms with E-state index in [1.54, 1.807) is 26.1 Å². The molecule has 1 heterocycles. The van der Waals surface area contributed by atoms with E-state index in [1.165, 1.54) is 14.2 Å². The maximum absolute atomic E-state index is 13.6. The van der Waals surface area contributed by atoms with Crippen LogP contribution in [0.5, 0.6) is 0 Å².